The van der Waals surface area contributed by atoms with E-state index in [1.165, 1.54) is 6.07 Å². The zero-order chi connectivity index (χ0) is 20.9. The summed E-state index contributed by atoms with van der Waals surface area (Å²) in [6.07, 6.45) is 0.889. The summed E-state index contributed by atoms with van der Waals surface area (Å²) >= 11 is 0. The number of carbonyl (C=O) groups is 2. The maximum atomic E-state index is 11.7. The number of nitrogens with zero attached hydrogens (tertiary/aromatic N) is 1. The van der Waals surface area contributed by atoms with Crippen LogP contribution in [0.5, 0.6) is 11.5 Å². The molecule has 1 saturated carbocycles. The van der Waals surface area contributed by atoms with Gasteiger partial charge < -0.3 is 36.0 Å². The van der Waals surface area contributed by atoms with Crippen LogP contribution in [0.1, 0.15) is 34.7 Å². The Balaban J connectivity index is 1.40. The number of nitrogens with two attached hydrogens (primary N) is 1. The lowest BCUT2D eigenvalue weighted by atomic mass is 9.81. The number of ether oxygens (including phenoxy) is 1. The maximum Gasteiger partial charge on any atom is 0.455 e. The Morgan fingerprint density at radius 2 is 1.97 bits per heavy atom. The van der Waals surface area contributed by atoms with Gasteiger partial charge in [0.15, 0.2) is 0 Å². The molecule has 10 nitrogen and oxygen atoms in total. The number of amides is 1. The molecule has 4 atom stereocenters. The van der Waals surface area contributed by atoms with Crippen molar-refractivity contribution in [2.24, 2.45) is 5.73 Å². The van der Waals surface area contributed by atoms with Crippen LogP contribution in [0.3, 0.4) is 0 Å². The van der Waals surface area contributed by atoms with E-state index in [1.54, 1.807) is 6.07 Å². The summed E-state index contributed by atoms with van der Waals surface area (Å²) in [5.74, 6) is -2.66. The van der Waals surface area contributed by atoms with Crippen molar-refractivity contribution >= 4 is 19.0 Å². The van der Waals surface area contributed by atoms with Crippen molar-refractivity contribution in [1.29, 1.82) is 0 Å². The van der Waals surface area contributed by atoms with E-state index in [1.807, 2.05) is 0 Å². The summed E-state index contributed by atoms with van der Waals surface area (Å²) in [6, 6.07) is 2.95. The number of nitrogens with one attached hydrogen (secondary N) is 1. The number of aromatic carboxylic acids is 1. The van der Waals surface area contributed by atoms with Gasteiger partial charge in [0.1, 0.15) is 23.2 Å². The molecule has 0 bridgehead atoms. The average molecular weight is 405 g/mol. The topological polar surface area (TPSA) is 166 Å². The van der Waals surface area contributed by atoms with Crippen molar-refractivity contribution in [2.45, 2.75) is 42.8 Å². The molecule has 2 saturated heterocycles. The summed E-state index contributed by atoms with van der Waals surface area (Å²) in [5, 5.41) is 41.6. The molecule has 0 radical (unpaired) electrons. The molecule has 1 amide bonds. The van der Waals surface area contributed by atoms with Gasteiger partial charge in [0.25, 0.3) is 0 Å². The van der Waals surface area contributed by atoms with Gasteiger partial charge in [-0.05, 0) is 30.4 Å². The lowest BCUT2D eigenvalue weighted by molar-refractivity contribution is -0.119. The maximum absolute atomic E-state index is 11.7. The van der Waals surface area contributed by atoms with Gasteiger partial charge in [0.05, 0.1) is 6.04 Å². The first kappa shape index (κ1) is 20.0. The number of hydrogen-bond donors (Lipinski definition) is 6. The second kappa shape index (κ2) is 7.49. The molecular formula is C18H24BN3O7. The highest BCUT2D eigenvalue weighted by molar-refractivity contribution is 6.44. The van der Waals surface area contributed by atoms with Gasteiger partial charge in [-0.15, -0.1) is 0 Å². The highest BCUT2D eigenvalue weighted by Crippen LogP contribution is 2.56. The lowest BCUT2D eigenvalue weighted by Crippen LogP contribution is -2.58. The SMILES string of the molecule is NC(=O)[C@H]1C[C@@H](N2CC(Oc3ccc(C4C[C@H]4B(O)O)c(O)c3C(=O)O)C2)CN1. The van der Waals surface area contributed by atoms with Crippen LogP contribution in [0.4, 0.5) is 0 Å². The van der Waals surface area contributed by atoms with E-state index < -0.39 is 18.9 Å². The normalized spacial score (nSPS) is 29.3. The summed E-state index contributed by atoms with van der Waals surface area (Å²) in [7, 11) is -1.50. The molecule has 0 aromatic heterocycles. The predicted octanol–water partition coefficient (Wildman–Crippen LogP) is -1.30. The monoisotopic (exact) mass is 405 g/mol. The summed E-state index contributed by atoms with van der Waals surface area (Å²) in [6.45, 7) is 1.83. The van der Waals surface area contributed by atoms with Gasteiger partial charge in [0, 0.05) is 31.5 Å². The molecule has 3 aliphatic rings. The molecule has 4 rings (SSSR count). The standard InChI is InChI=1S/C18H24BN3O7/c20-17(24)13-3-8(5-21-13)22-6-9(7-22)29-14-2-1-10(11-4-12(11)19(27)28)16(23)15(14)18(25)26/h1-2,8-9,11-13,21,23,27-28H,3-7H2,(H2,20,24)(H,25,26)/t8-,11?,12-,13-/m1/s1. The third-order valence-corrected chi connectivity index (χ3v) is 6.14. The summed E-state index contributed by atoms with van der Waals surface area (Å²) in [5.41, 5.74) is 5.40. The molecule has 0 spiro atoms. The van der Waals surface area contributed by atoms with Gasteiger partial charge in [-0.3, -0.25) is 9.69 Å². The third kappa shape index (κ3) is 3.78. The first-order valence-electron chi connectivity index (χ1n) is 9.65. The molecule has 1 aromatic rings. The molecule has 1 aromatic carbocycles. The molecule has 1 aliphatic carbocycles. The molecule has 29 heavy (non-hydrogen) atoms. The first-order chi connectivity index (χ1) is 13.8. The van der Waals surface area contributed by atoms with Crippen LogP contribution in [0.15, 0.2) is 12.1 Å². The number of carbonyl (C=O) groups excluding carboxylic acids is 1. The van der Waals surface area contributed by atoms with Crippen molar-refractivity contribution in [3.05, 3.63) is 23.3 Å². The van der Waals surface area contributed by atoms with E-state index in [-0.39, 0.29) is 47.1 Å². The highest BCUT2D eigenvalue weighted by atomic mass is 16.5. The second-order valence-electron chi connectivity index (χ2n) is 8.05. The Hall–Kier alpha value is -2.34. The highest BCUT2D eigenvalue weighted by Gasteiger charge is 2.48. The summed E-state index contributed by atoms with van der Waals surface area (Å²) in [4.78, 5) is 25.1. The van der Waals surface area contributed by atoms with Crippen molar-refractivity contribution in [3.8, 4) is 11.5 Å². The van der Waals surface area contributed by atoms with E-state index in [0.29, 0.717) is 38.0 Å². The van der Waals surface area contributed by atoms with Crippen LogP contribution in [-0.2, 0) is 4.79 Å². The molecule has 11 heteroatoms. The van der Waals surface area contributed by atoms with Crippen LogP contribution >= 0.6 is 0 Å². The molecule has 1 unspecified atom stereocenters. The number of primary amides is 1. The molecule has 2 aliphatic heterocycles. The fraction of sp³-hybridized carbons (Fsp3) is 0.556. The number of hydrogen-bond acceptors (Lipinski definition) is 8. The zero-order valence-electron chi connectivity index (χ0n) is 15.7. The fourth-order valence-corrected chi connectivity index (χ4v) is 4.33. The molecule has 7 N–H and O–H groups in total. The number of rotatable bonds is 7. The van der Waals surface area contributed by atoms with E-state index in [0.717, 1.165) is 0 Å². The second-order valence-corrected chi connectivity index (χ2v) is 8.05. The number of carboxylic acids is 1. The Morgan fingerprint density at radius 1 is 1.24 bits per heavy atom. The van der Waals surface area contributed by atoms with E-state index >= 15 is 0 Å². The Bertz CT molecular complexity index is 830. The van der Waals surface area contributed by atoms with Gasteiger partial charge in [-0.25, -0.2) is 4.79 Å². The minimum atomic E-state index is -1.50. The third-order valence-electron chi connectivity index (χ3n) is 6.14. The zero-order valence-corrected chi connectivity index (χ0v) is 15.7. The van der Waals surface area contributed by atoms with Gasteiger partial charge >= 0.3 is 13.1 Å². The van der Waals surface area contributed by atoms with Crippen LogP contribution in [0, 0.1) is 0 Å². The largest absolute Gasteiger partial charge is 0.507 e. The minimum Gasteiger partial charge on any atom is -0.507 e. The quantitative estimate of drug-likeness (QED) is 0.302. The van der Waals surface area contributed by atoms with Gasteiger partial charge in [-0.2, -0.15) is 0 Å². The number of likely N-dealkylation sites (tertiary alicyclic amines) is 1. The Morgan fingerprint density at radius 3 is 2.52 bits per heavy atom. The smallest absolute Gasteiger partial charge is 0.455 e. The van der Waals surface area contributed by atoms with Crippen molar-refractivity contribution in [3.63, 3.8) is 0 Å². The van der Waals surface area contributed by atoms with Crippen molar-refractivity contribution < 1.29 is 34.6 Å². The lowest BCUT2D eigenvalue weighted by Gasteiger charge is -2.42. The molecule has 2 heterocycles. The van der Waals surface area contributed by atoms with Crippen molar-refractivity contribution in [2.75, 3.05) is 19.6 Å². The Labute approximate surface area is 167 Å². The predicted molar refractivity (Wildman–Crippen MR) is 102 cm³/mol. The number of phenols is 1. The van der Waals surface area contributed by atoms with Gasteiger partial charge in [0.2, 0.25) is 5.91 Å². The molecule has 156 valence electrons. The van der Waals surface area contributed by atoms with E-state index in [4.69, 9.17) is 10.5 Å². The average Bonchev–Trinajstić information content (AvgIpc) is 3.26. The van der Waals surface area contributed by atoms with Crippen LogP contribution < -0.4 is 15.8 Å². The summed E-state index contributed by atoms with van der Waals surface area (Å²) < 4.78 is 5.82. The first-order valence-corrected chi connectivity index (χ1v) is 9.65. The minimum absolute atomic E-state index is 0.0877. The van der Waals surface area contributed by atoms with Gasteiger partial charge in [-0.1, -0.05) is 6.07 Å². The van der Waals surface area contributed by atoms with E-state index in [9.17, 15) is 29.9 Å². The number of aromatic hydroxyl groups is 1. The fourth-order valence-electron chi connectivity index (χ4n) is 4.33. The molecular weight excluding hydrogens is 381 g/mol. The van der Waals surface area contributed by atoms with Crippen LogP contribution in [0.2, 0.25) is 5.82 Å². The number of carboxylic acid groups (broad SMARTS) is 1. The van der Waals surface area contributed by atoms with Crippen LogP contribution in [0.25, 0.3) is 0 Å². The van der Waals surface area contributed by atoms with Crippen LogP contribution in [-0.4, -0.2) is 82.0 Å². The molecule has 3 fully saturated rings. The Kier molecular flexibility index (Phi) is 5.15. The van der Waals surface area contributed by atoms with Crippen molar-refractivity contribution in [1.82, 2.24) is 10.2 Å². The number of benzene rings is 1. The van der Waals surface area contributed by atoms with E-state index in [2.05, 4.69) is 10.2 Å².